The zero-order valence-electron chi connectivity index (χ0n) is 9.81. The Kier molecular flexibility index (Phi) is 4.75. The third-order valence-electron chi connectivity index (χ3n) is 2.67. The summed E-state index contributed by atoms with van der Waals surface area (Å²) in [6.45, 7) is 0. The molecule has 4 heteroatoms. The zero-order valence-corrected chi connectivity index (χ0v) is 12.2. The standard InChI is InChI=1S/C14H14BrClN2/c15-12-5-11(8-18-9-12)7-14(17)6-10-1-3-13(16)4-2-10/h1-5,8-9,14H,6-7,17H2. The van der Waals surface area contributed by atoms with E-state index < -0.39 is 0 Å². The fourth-order valence-corrected chi connectivity index (χ4v) is 2.40. The molecule has 0 spiro atoms. The van der Waals surface area contributed by atoms with Gasteiger partial charge in [-0.2, -0.15) is 0 Å². The molecular formula is C14H14BrClN2. The van der Waals surface area contributed by atoms with Crippen LogP contribution in [0.1, 0.15) is 11.1 Å². The first-order valence-corrected chi connectivity index (χ1v) is 6.90. The number of nitrogens with two attached hydrogens (primary N) is 1. The Morgan fingerprint density at radius 3 is 2.44 bits per heavy atom. The average Bonchev–Trinajstić information content (AvgIpc) is 2.32. The molecule has 1 aromatic carbocycles. The molecule has 0 radical (unpaired) electrons. The highest BCUT2D eigenvalue weighted by atomic mass is 79.9. The molecule has 1 atom stereocenters. The number of benzene rings is 1. The maximum atomic E-state index is 6.15. The maximum Gasteiger partial charge on any atom is 0.0410 e. The predicted molar refractivity (Wildman–Crippen MR) is 78.8 cm³/mol. The molecule has 0 fully saturated rings. The van der Waals surface area contributed by atoms with Crippen molar-refractivity contribution in [3.63, 3.8) is 0 Å². The second-order valence-electron chi connectivity index (χ2n) is 4.31. The molecule has 0 amide bonds. The lowest BCUT2D eigenvalue weighted by atomic mass is 10.0. The molecule has 94 valence electrons. The van der Waals surface area contributed by atoms with Crippen LogP contribution in [-0.4, -0.2) is 11.0 Å². The van der Waals surface area contributed by atoms with Crippen molar-refractivity contribution >= 4 is 27.5 Å². The van der Waals surface area contributed by atoms with Gasteiger partial charge in [0.2, 0.25) is 0 Å². The molecule has 18 heavy (non-hydrogen) atoms. The molecule has 0 saturated heterocycles. The van der Waals surface area contributed by atoms with Crippen LogP contribution in [0.2, 0.25) is 5.02 Å². The highest BCUT2D eigenvalue weighted by Gasteiger charge is 2.06. The van der Waals surface area contributed by atoms with Gasteiger partial charge >= 0.3 is 0 Å². The molecule has 2 aromatic rings. The summed E-state index contributed by atoms with van der Waals surface area (Å²) < 4.78 is 0.985. The van der Waals surface area contributed by atoms with Gasteiger partial charge in [0.05, 0.1) is 0 Å². The SMILES string of the molecule is NC(Cc1ccc(Cl)cc1)Cc1cncc(Br)c1. The van der Waals surface area contributed by atoms with Gasteiger partial charge < -0.3 is 5.73 Å². The number of pyridine rings is 1. The molecule has 1 unspecified atom stereocenters. The normalized spacial score (nSPS) is 12.4. The Bertz CT molecular complexity index is 513. The Hall–Kier alpha value is -0.900. The van der Waals surface area contributed by atoms with Crippen LogP contribution < -0.4 is 5.73 Å². The van der Waals surface area contributed by atoms with Gasteiger partial charge in [0.25, 0.3) is 0 Å². The number of hydrogen-bond donors (Lipinski definition) is 1. The van der Waals surface area contributed by atoms with Crippen LogP contribution in [0, 0.1) is 0 Å². The van der Waals surface area contributed by atoms with Crippen molar-refractivity contribution in [3.8, 4) is 0 Å². The van der Waals surface area contributed by atoms with Crippen LogP contribution >= 0.6 is 27.5 Å². The lowest BCUT2D eigenvalue weighted by Gasteiger charge is -2.11. The molecule has 0 saturated carbocycles. The summed E-state index contributed by atoms with van der Waals surface area (Å²) in [7, 11) is 0. The van der Waals surface area contributed by atoms with Gasteiger partial charge in [0.1, 0.15) is 0 Å². The van der Waals surface area contributed by atoms with Crippen LogP contribution in [0.25, 0.3) is 0 Å². The van der Waals surface area contributed by atoms with E-state index in [9.17, 15) is 0 Å². The van der Waals surface area contributed by atoms with E-state index in [4.69, 9.17) is 17.3 Å². The van der Waals surface area contributed by atoms with E-state index in [0.717, 1.165) is 27.9 Å². The number of halogens is 2. The van der Waals surface area contributed by atoms with Crippen molar-refractivity contribution in [2.24, 2.45) is 5.73 Å². The highest BCUT2D eigenvalue weighted by molar-refractivity contribution is 9.10. The molecule has 2 N–H and O–H groups in total. The van der Waals surface area contributed by atoms with E-state index in [1.165, 1.54) is 5.56 Å². The number of rotatable bonds is 4. The van der Waals surface area contributed by atoms with Gasteiger partial charge in [-0.05, 0) is 58.1 Å². The minimum Gasteiger partial charge on any atom is -0.327 e. The molecular weight excluding hydrogens is 312 g/mol. The van der Waals surface area contributed by atoms with Gasteiger partial charge in [0, 0.05) is 27.9 Å². The Labute approximate surface area is 120 Å². The minimum absolute atomic E-state index is 0.0854. The summed E-state index contributed by atoms with van der Waals surface area (Å²) in [5.41, 5.74) is 8.50. The quantitative estimate of drug-likeness (QED) is 0.932. The van der Waals surface area contributed by atoms with E-state index in [1.807, 2.05) is 30.5 Å². The Balaban J connectivity index is 1.96. The van der Waals surface area contributed by atoms with Crippen LogP contribution in [0.15, 0.2) is 47.2 Å². The van der Waals surface area contributed by atoms with Gasteiger partial charge in [-0.1, -0.05) is 23.7 Å². The topological polar surface area (TPSA) is 38.9 Å². The molecule has 2 nitrogen and oxygen atoms in total. The first kappa shape index (κ1) is 13.5. The van der Waals surface area contributed by atoms with Crippen molar-refractivity contribution in [3.05, 3.63) is 63.3 Å². The van der Waals surface area contributed by atoms with E-state index in [2.05, 4.69) is 27.0 Å². The second-order valence-corrected chi connectivity index (χ2v) is 5.66. The Morgan fingerprint density at radius 2 is 1.78 bits per heavy atom. The van der Waals surface area contributed by atoms with Crippen molar-refractivity contribution in [2.45, 2.75) is 18.9 Å². The average molecular weight is 326 g/mol. The van der Waals surface area contributed by atoms with Crippen molar-refractivity contribution in [2.75, 3.05) is 0 Å². The fourth-order valence-electron chi connectivity index (χ4n) is 1.87. The van der Waals surface area contributed by atoms with Crippen molar-refractivity contribution in [1.82, 2.24) is 4.98 Å². The smallest absolute Gasteiger partial charge is 0.0410 e. The van der Waals surface area contributed by atoms with Crippen LogP contribution in [0.4, 0.5) is 0 Å². The summed E-state index contributed by atoms with van der Waals surface area (Å²) in [5, 5.41) is 0.753. The van der Waals surface area contributed by atoms with Crippen molar-refractivity contribution < 1.29 is 0 Å². The Morgan fingerprint density at radius 1 is 1.11 bits per heavy atom. The van der Waals surface area contributed by atoms with E-state index in [1.54, 1.807) is 6.20 Å². The zero-order chi connectivity index (χ0) is 13.0. The first-order valence-electron chi connectivity index (χ1n) is 5.73. The van der Waals surface area contributed by atoms with Gasteiger partial charge in [-0.25, -0.2) is 0 Å². The van der Waals surface area contributed by atoms with Crippen LogP contribution in [-0.2, 0) is 12.8 Å². The van der Waals surface area contributed by atoms with Crippen LogP contribution in [0.5, 0.6) is 0 Å². The highest BCUT2D eigenvalue weighted by Crippen LogP contribution is 2.14. The summed E-state index contributed by atoms with van der Waals surface area (Å²) in [6, 6.07) is 9.95. The van der Waals surface area contributed by atoms with Crippen molar-refractivity contribution in [1.29, 1.82) is 0 Å². The van der Waals surface area contributed by atoms with Gasteiger partial charge in [-0.15, -0.1) is 0 Å². The second kappa shape index (κ2) is 6.32. The third kappa shape index (κ3) is 4.09. The predicted octanol–water partition coefficient (Wildman–Crippen LogP) is 3.61. The summed E-state index contributed by atoms with van der Waals surface area (Å²) in [5.74, 6) is 0. The van der Waals surface area contributed by atoms with Gasteiger partial charge in [-0.3, -0.25) is 4.98 Å². The number of aromatic nitrogens is 1. The molecule has 1 aromatic heterocycles. The minimum atomic E-state index is 0.0854. The monoisotopic (exact) mass is 324 g/mol. The molecule has 0 bridgehead atoms. The number of nitrogens with zero attached hydrogens (tertiary/aromatic N) is 1. The summed E-state index contributed by atoms with van der Waals surface area (Å²) in [6.07, 6.45) is 5.28. The molecule has 2 rings (SSSR count). The van der Waals surface area contributed by atoms with E-state index in [-0.39, 0.29) is 6.04 Å². The molecule has 0 aliphatic carbocycles. The lowest BCUT2D eigenvalue weighted by Crippen LogP contribution is -2.25. The first-order chi connectivity index (χ1) is 8.63. The summed E-state index contributed by atoms with van der Waals surface area (Å²) in [4.78, 5) is 4.14. The number of hydrogen-bond acceptors (Lipinski definition) is 2. The van der Waals surface area contributed by atoms with Gasteiger partial charge in [0.15, 0.2) is 0 Å². The molecule has 0 aliphatic heterocycles. The summed E-state index contributed by atoms with van der Waals surface area (Å²) >= 11 is 9.26. The molecule has 0 aliphatic rings. The van der Waals surface area contributed by atoms with E-state index in [0.29, 0.717) is 0 Å². The largest absolute Gasteiger partial charge is 0.327 e. The molecule has 1 heterocycles. The lowest BCUT2D eigenvalue weighted by molar-refractivity contribution is 0.663. The van der Waals surface area contributed by atoms with Crippen LogP contribution in [0.3, 0.4) is 0 Å². The third-order valence-corrected chi connectivity index (χ3v) is 3.36. The maximum absolute atomic E-state index is 6.15. The van der Waals surface area contributed by atoms with E-state index >= 15 is 0 Å². The fraction of sp³-hybridized carbons (Fsp3) is 0.214.